The highest BCUT2D eigenvalue weighted by Gasteiger charge is 2.13. The van der Waals surface area contributed by atoms with Gasteiger partial charge >= 0.3 is 5.97 Å². The number of aryl methyl sites for hydroxylation is 2. The molecule has 7 heteroatoms. The van der Waals surface area contributed by atoms with E-state index in [9.17, 15) is 9.59 Å². The number of nitrogens with zero attached hydrogens (tertiary/aromatic N) is 2. The molecule has 2 N–H and O–H groups in total. The zero-order valence-electron chi connectivity index (χ0n) is 16.5. The molecule has 0 aliphatic carbocycles. The second-order valence-electron chi connectivity index (χ2n) is 6.51. The Bertz CT molecular complexity index is 1010. The van der Waals surface area contributed by atoms with E-state index in [1.54, 1.807) is 31.2 Å². The molecule has 0 unspecified atom stereocenters. The van der Waals surface area contributed by atoms with Crippen LogP contribution in [0.15, 0.2) is 54.9 Å². The third-order valence-corrected chi connectivity index (χ3v) is 4.05. The Kier molecular flexibility index (Phi) is 6.19. The first-order chi connectivity index (χ1) is 14.0. The number of hydrogen-bond donors (Lipinski definition) is 2. The number of carbonyl (C=O) groups is 2. The van der Waals surface area contributed by atoms with Gasteiger partial charge < -0.3 is 15.4 Å². The van der Waals surface area contributed by atoms with Gasteiger partial charge in [0.15, 0.2) is 0 Å². The zero-order chi connectivity index (χ0) is 20.8. The van der Waals surface area contributed by atoms with E-state index in [1.807, 2.05) is 32.0 Å². The highest BCUT2D eigenvalue weighted by atomic mass is 16.5. The molecule has 148 valence electrons. The lowest BCUT2D eigenvalue weighted by molar-refractivity contribution is 0.0527. The summed E-state index contributed by atoms with van der Waals surface area (Å²) >= 11 is 0. The molecule has 0 saturated carbocycles. The molecule has 1 aromatic heterocycles. The number of para-hydroxylation sites is 1. The number of benzene rings is 2. The van der Waals surface area contributed by atoms with Crippen LogP contribution in [0.5, 0.6) is 0 Å². The zero-order valence-corrected chi connectivity index (χ0v) is 16.5. The maximum atomic E-state index is 12.4. The van der Waals surface area contributed by atoms with Crippen molar-refractivity contribution in [1.29, 1.82) is 0 Å². The first-order valence-electron chi connectivity index (χ1n) is 9.21. The third-order valence-electron chi connectivity index (χ3n) is 4.05. The van der Waals surface area contributed by atoms with Gasteiger partial charge in [-0.2, -0.15) is 0 Å². The van der Waals surface area contributed by atoms with Gasteiger partial charge in [-0.05, 0) is 56.2 Å². The van der Waals surface area contributed by atoms with Gasteiger partial charge in [0.1, 0.15) is 11.5 Å². The van der Waals surface area contributed by atoms with Crippen molar-refractivity contribution in [2.45, 2.75) is 20.8 Å². The van der Waals surface area contributed by atoms with Gasteiger partial charge in [-0.3, -0.25) is 4.79 Å². The maximum absolute atomic E-state index is 12.4. The van der Waals surface area contributed by atoms with E-state index in [1.165, 1.54) is 12.4 Å². The number of anilines is 3. The number of carbonyl (C=O) groups excluding carboxylic acids is 2. The number of ether oxygens (including phenoxy) is 1. The summed E-state index contributed by atoms with van der Waals surface area (Å²) in [5, 5.41) is 5.86. The van der Waals surface area contributed by atoms with Crippen LogP contribution in [0.25, 0.3) is 0 Å². The van der Waals surface area contributed by atoms with Crippen molar-refractivity contribution in [2.24, 2.45) is 0 Å². The average molecular weight is 390 g/mol. The van der Waals surface area contributed by atoms with Crippen molar-refractivity contribution in [3.63, 3.8) is 0 Å². The van der Waals surface area contributed by atoms with Crippen LogP contribution in [-0.2, 0) is 4.74 Å². The smallest absolute Gasteiger partial charge is 0.340 e. The van der Waals surface area contributed by atoms with E-state index in [0.717, 1.165) is 11.1 Å². The summed E-state index contributed by atoms with van der Waals surface area (Å²) in [5.41, 5.74) is 3.96. The Morgan fingerprint density at radius 2 is 1.72 bits per heavy atom. The van der Waals surface area contributed by atoms with Crippen LogP contribution < -0.4 is 10.6 Å². The minimum atomic E-state index is -0.423. The third kappa shape index (κ3) is 5.16. The van der Waals surface area contributed by atoms with Crippen molar-refractivity contribution < 1.29 is 14.3 Å². The van der Waals surface area contributed by atoms with Gasteiger partial charge in [-0.25, -0.2) is 14.8 Å². The van der Waals surface area contributed by atoms with Crippen molar-refractivity contribution in [1.82, 2.24) is 9.97 Å². The lowest BCUT2D eigenvalue weighted by Crippen LogP contribution is -2.14. The fraction of sp³-hybridized carbons (Fsp3) is 0.182. The van der Waals surface area contributed by atoms with Crippen molar-refractivity contribution >= 4 is 29.1 Å². The maximum Gasteiger partial charge on any atom is 0.340 e. The molecule has 0 aliphatic rings. The normalized spacial score (nSPS) is 10.3. The second-order valence-corrected chi connectivity index (χ2v) is 6.51. The van der Waals surface area contributed by atoms with E-state index >= 15 is 0 Å². The molecule has 3 aromatic rings. The molecule has 0 radical (unpaired) electrons. The first-order valence-corrected chi connectivity index (χ1v) is 9.21. The Hall–Kier alpha value is -3.74. The summed E-state index contributed by atoms with van der Waals surface area (Å²) in [7, 11) is 0. The second kappa shape index (κ2) is 8.97. The van der Waals surface area contributed by atoms with Gasteiger partial charge in [0.2, 0.25) is 0 Å². The number of rotatable bonds is 6. The topological polar surface area (TPSA) is 93.2 Å². The summed E-state index contributed by atoms with van der Waals surface area (Å²) < 4.78 is 5.06. The highest BCUT2D eigenvalue weighted by molar-refractivity contribution is 6.02. The quantitative estimate of drug-likeness (QED) is 0.611. The van der Waals surface area contributed by atoms with Crippen LogP contribution in [0.2, 0.25) is 0 Å². The molecular formula is C22H22N4O3. The van der Waals surface area contributed by atoms with E-state index in [0.29, 0.717) is 22.8 Å². The average Bonchev–Trinajstić information content (AvgIpc) is 2.68. The molecule has 0 fully saturated rings. The van der Waals surface area contributed by atoms with Crippen LogP contribution in [-0.4, -0.2) is 28.5 Å². The van der Waals surface area contributed by atoms with Crippen molar-refractivity contribution in [3.05, 3.63) is 77.2 Å². The van der Waals surface area contributed by atoms with E-state index < -0.39 is 5.97 Å². The summed E-state index contributed by atoms with van der Waals surface area (Å²) in [6, 6.07) is 12.8. The lowest BCUT2D eigenvalue weighted by atomic mass is 10.1. The van der Waals surface area contributed by atoms with Crippen LogP contribution in [0.4, 0.5) is 17.2 Å². The Balaban J connectivity index is 1.72. The predicted octanol–water partition coefficient (Wildman–Crippen LogP) is 4.27. The predicted molar refractivity (Wildman–Crippen MR) is 112 cm³/mol. The molecule has 0 aliphatic heterocycles. The Morgan fingerprint density at radius 1 is 1.00 bits per heavy atom. The van der Waals surface area contributed by atoms with Gasteiger partial charge in [-0.15, -0.1) is 0 Å². The minimum absolute atomic E-state index is 0.188. The fourth-order valence-electron chi connectivity index (χ4n) is 2.87. The molecule has 2 aromatic carbocycles. The fourth-order valence-corrected chi connectivity index (χ4v) is 2.87. The summed E-state index contributed by atoms with van der Waals surface area (Å²) in [6.45, 7) is 5.98. The van der Waals surface area contributed by atoms with Gasteiger partial charge in [0, 0.05) is 5.69 Å². The molecular weight excluding hydrogens is 368 g/mol. The number of esters is 1. The molecule has 1 heterocycles. The number of aromatic nitrogens is 2. The first kappa shape index (κ1) is 20.0. The van der Waals surface area contributed by atoms with Gasteiger partial charge in [0.25, 0.3) is 5.91 Å². The number of amides is 1. The van der Waals surface area contributed by atoms with Crippen LogP contribution in [0.1, 0.15) is 38.9 Å². The van der Waals surface area contributed by atoms with E-state index in [4.69, 9.17) is 4.74 Å². The molecule has 1 amide bonds. The van der Waals surface area contributed by atoms with E-state index in [2.05, 4.69) is 20.6 Å². The van der Waals surface area contributed by atoms with Crippen molar-refractivity contribution in [2.75, 3.05) is 17.2 Å². The van der Waals surface area contributed by atoms with Crippen LogP contribution in [0, 0.1) is 13.8 Å². The number of hydrogen-bond acceptors (Lipinski definition) is 6. The summed E-state index contributed by atoms with van der Waals surface area (Å²) in [5.74, 6) is -0.362. The van der Waals surface area contributed by atoms with Gasteiger partial charge in [-0.1, -0.05) is 18.2 Å². The standard InChI is InChI=1S/C22H22N4O3/c1-4-29-22(28)17-7-5-6-8-18(17)26-20-13-23-19(12-24-20)21(27)25-16-10-14(2)9-15(3)11-16/h5-13H,4H2,1-3H3,(H,24,26)(H,25,27). The molecule has 0 saturated heterocycles. The monoisotopic (exact) mass is 390 g/mol. The summed E-state index contributed by atoms with van der Waals surface area (Å²) in [4.78, 5) is 32.9. The summed E-state index contributed by atoms with van der Waals surface area (Å²) in [6.07, 6.45) is 2.83. The number of nitrogens with one attached hydrogen (secondary N) is 2. The molecule has 7 nitrogen and oxygen atoms in total. The minimum Gasteiger partial charge on any atom is -0.462 e. The molecule has 0 atom stereocenters. The molecule has 3 rings (SSSR count). The SMILES string of the molecule is CCOC(=O)c1ccccc1Nc1cnc(C(=O)Nc2cc(C)cc(C)c2)cn1. The highest BCUT2D eigenvalue weighted by Crippen LogP contribution is 2.20. The van der Waals surface area contributed by atoms with Crippen LogP contribution in [0.3, 0.4) is 0 Å². The lowest BCUT2D eigenvalue weighted by Gasteiger charge is -2.11. The molecule has 29 heavy (non-hydrogen) atoms. The largest absolute Gasteiger partial charge is 0.462 e. The Morgan fingerprint density at radius 3 is 2.38 bits per heavy atom. The van der Waals surface area contributed by atoms with Crippen molar-refractivity contribution in [3.8, 4) is 0 Å². The Labute approximate surface area is 169 Å². The molecule has 0 bridgehead atoms. The molecule has 0 spiro atoms. The van der Waals surface area contributed by atoms with Gasteiger partial charge in [0.05, 0.1) is 30.3 Å². The van der Waals surface area contributed by atoms with E-state index in [-0.39, 0.29) is 18.2 Å². The van der Waals surface area contributed by atoms with Crippen LogP contribution >= 0.6 is 0 Å².